The molecule has 5 amide bonds. The van der Waals surface area contributed by atoms with Crippen LogP contribution in [0.1, 0.15) is 125 Å². The van der Waals surface area contributed by atoms with Crippen LogP contribution in [0, 0.1) is 16.7 Å². The van der Waals surface area contributed by atoms with Crippen LogP contribution in [0.5, 0.6) is 0 Å². The summed E-state index contributed by atoms with van der Waals surface area (Å²) in [5.74, 6) is -2.45. The molecule has 72 heavy (non-hydrogen) atoms. The standard InChI is InChI=1S/C57H81N5O10/c1-54(2,3)44(33-47(63)71-56(7,8)9)51(66)61-34-42(31-45(61)49(64)58-29-27-38-19-15-13-16-20-38)69-36-40-23-25-41(26-24-40)37-70-43-32-46(50(65)59-30-28-39-21-17-14-18-22-39)62(35-43)52(67)48(55(4,5)6)60-53(68)72-57(10,11)12/h13-26,42-46,48H,27-37H2,1-12H3,(H,58,64)(H,59,65)(H,60,68)/t42-,43-,44+,45-,46-,48+/m0/s1. The summed E-state index contributed by atoms with van der Waals surface area (Å²) in [6, 6.07) is 24.8. The third-order valence-corrected chi connectivity index (χ3v) is 12.7. The zero-order valence-electron chi connectivity index (χ0n) is 44.8. The lowest BCUT2D eigenvalue weighted by Crippen LogP contribution is -2.58. The maximum absolute atomic E-state index is 14.5. The van der Waals surface area contributed by atoms with Gasteiger partial charge in [-0.1, -0.05) is 126 Å². The van der Waals surface area contributed by atoms with E-state index in [-0.39, 0.29) is 56.9 Å². The first-order valence-electron chi connectivity index (χ1n) is 25.4. The summed E-state index contributed by atoms with van der Waals surface area (Å²) in [6.45, 7) is 23.5. The minimum Gasteiger partial charge on any atom is -0.460 e. The van der Waals surface area contributed by atoms with Gasteiger partial charge in [-0.05, 0) is 87.5 Å². The second-order valence-corrected chi connectivity index (χ2v) is 23.4. The molecule has 2 saturated heterocycles. The molecule has 0 spiro atoms. The van der Waals surface area contributed by atoms with Crippen molar-refractivity contribution in [2.24, 2.45) is 16.7 Å². The van der Waals surface area contributed by atoms with Gasteiger partial charge in [0.2, 0.25) is 23.6 Å². The summed E-state index contributed by atoms with van der Waals surface area (Å²) >= 11 is 0. The van der Waals surface area contributed by atoms with Crippen molar-refractivity contribution in [2.45, 2.75) is 170 Å². The maximum atomic E-state index is 14.5. The molecule has 2 aliphatic heterocycles. The molecule has 0 radical (unpaired) electrons. The van der Waals surface area contributed by atoms with Gasteiger partial charge < -0.3 is 44.7 Å². The average Bonchev–Trinajstić information content (AvgIpc) is 3.93. The van der Waals surface area contributed by atoms with Crippen molar-refractivity contribution < 1.29 is 47.7 Å². The van der Waals surface area contributed by atoms with Gasteiger partial charge in [0.1, 0.15) is 29.3 Å². The monoisotopic (exact) mass is 996 g/mol. The highest BCUT2D eigenvalue weighted by Gasteiger charge is 2.47. The van der Waals surface area contributed by atoms with Crippen molar-refractivity contribution >= 4 is 35.7 Å². The number of carbonyl (C=O) groups is 6. The van der Waals surface area contributed by atoms with E-state index in [1.807, 2.05) is 126 Å². The SMILES string of the molecule is CC(C)(C)OC(=O)C[C@H](C(=O)N1C[C@@H](OCc2ccc(CO[C@H]3C[C@@H](C(=O)NCCc4ccccc4)N(C(=O)[C@@H](NC(=O)OC(C)(C)C)C(C)(C)C)C3)cc2)C[C@H]1C(=O)NCCc1ccccc1)C(C)(C)C. The number of carbonyl (C=O) groups excluding carboxylic acids is 6. The van der Waals surface area contributed by atoms with Crippen LogP contribution in [0.15, 0.2) is 84.9 Å². The first-order valence-corrected chi connectivity index (χ1v) is 25.4. The predicted octanol–water partition coefficient (Wildman–Crippen LogP) is 7.71. The second kappa shape index (κ2) is 24.8. The van der Waals surface area contributed by atoms with Gasteiger partial charge in [0, 0.05) is 39.0 Å². The highest BCUT2D eigenvalue weighted by atomic mass is 16.6. The first-order chi connectivity index (χ1) is 33.7. The van der Waals surface area contributed by atoms with E-state index in [0.29, 0.717) is 32.4 Å². The van der Waals surface area contributed by atoms with Crippen LogP contribution in [-0.2, 0) is 69.0 Å². The molecule has 6 atom stereocenters. The van der Waals surface area contributed by atoms with Crippen molar-refractivity contribution in [3.63, 3.8) is 0 Å². The molecule has 2 fully saturated rings. The Labute approximate surface area is 427 Å². The van der Waals surface area contributed by atoms with Gasteiger partial charge in [0.25, 0.3) is 0 Å². The lowest BCUT2D eigenvalue weighted by molar-refractivity contribution is -0.161. The van der Waals surface area contributed by atoms with E-state index in [2.05, 4.69) is 16.0 Å². The molecule has 2 aliphatic rings. The Bertz CT molecular complexity index is 2120. The van der Waals surface area contributed by atoms with E-state index in [4.69, 9.17) is 18.9 Å². The number of hydrogen-bond donors (Lipinski definition) is 3. The Morgan fingerprint density at radius 2 is 0.958 bits per heavy atom. The zero-order valence-corrected chi connectivity index (χ0v) is 44.8. The lowest BCUT2D eigenvalue weighted by atomic mass is 9.77. The Kier molecular flexibility index (Phi) is 19.6. The number of nitrogens with zero attached hydrogens (tertiary/aromatic N) is 2. The van der Waals surface area contributed by atoms with Gasteiger partial charge in [-0.25, -0.2) is 4.79 Å². The van der Waals surface area contributed by atoms with Crippen molar-refractivity contribution in [1.29, 1.82) is 0 Å². The molecule has 15 heteroatoms. The molecule has 394 valence electrons. The van der Waals surface area contributed by atoms with Crippen LogP contribution in [0.3, 0.4) is 0 Å². The van der Waals surface area contributed by atoms with Gasteiger partial charge in [-0.2, -0.15) is 0 Å². The Morgan fingerprint density at radius 1 is 0.542 bits per heavy atom. The fourth-order valence-corrected chi connectivity index (χ4v) is 8.92. The normalized spacial score (nSPS) is 19.3. The number of nitrogens with one attached hydrogen (secondary N) is 3. The van der Waals surface area contributed by atoms with Crippen LogP contribution in [0.2, 0.25) is 0 Å². The maximum Gasteiger partial charge on any atom is 0.408 e. The average molecular weight is 996 g/mol. The largest absolute Gasteiger partial charge is 0.460 e. The Balaban J connectivity index is 1.24. The number of likely N-dealkylation sites (tertiary alicyclic amines) is 2. The van der Waals surface area contributed by atoms with E-state index < -0.39 is 76.3 Å². The molecule has 3 aromatic carbocycles. The zero-order chi connectivity index (χ0) is 53.0. The van der Waals surface area contributed by atoms with Gasteiger partial charge in [0.05, 0.1) is 37.8 Å². The number of ether oxygens (including phenoxy) is 4. The van der Waals surface area contributed by atoms with Crippen molar-refractivity contribution in [3.05, 3.63) is 107 Å². The highest BCUT2D eigenvalue weighted by Crippen LogP contribution is 2.35. The predicted molar refractivity (Wildman–Crippen MR) is 276 cm³/mol. The summed E-state index contributed by atoms with van der Waals surface area (Å²) in [5.41, 5.74) is 1.11. The fourth-order valence-electron chi connectivity index (χ4n) is 8.92. The van der Waals surface area contributed by atoms with Crippen molar-refractivity contribution in [2.75, 3.05) is 26.2 Å². The lowest BCUT2D eigenvalue weighted by Gasteiger charge is -2.35. The third-order valence-electron chi connectivity index (χ3n) is 12.7. The van der Waals surface area contributed by atoms with Crippen molar-refractivity contribution in [1.82, 2.24) is 25.8 Å². The first kappa shape index (κ1) is 57.1. The molecule has 2 heterocycles. The Hall–Kier alpha value is -5.80. The summed E-state index contributed by atoms with van der Waals surface area (Å²) < 4.78 is 24.0. The van der Waals surface area contributed by atoms with Crippen LogP contribution in [-0.4, -0.2) is 113 Å². The van der Waals surface area contributed by atoms with E-state index in [1.54, 1.807) is 46.4 Å². The smallest absolute Gasteiger partial charge is 0.408 e. The minimum absolute atomic E-state index is 0.118. The van der Waals surface area contributed by atoms with Crippen LogP contribution < -0.4 is 16.0 Å². The molecule has 0 saturated carbocycles. The molecule has 15 nitrogen and oxygen atoms in total. The van der Waals surface area contributed by atoms with E-state index >= 15 is 0 Å². The molecule has 0 aromatic heterocycles. The highest BCUT2D eigenvalue weighted by molar-refractivity contribution is 5.93. The minimum atomic E-state index is -0.981. The molecule has 0 aliphatic carbocycles. The molecule has 5 rings (SSSR count). The summed E-state index contributed by atoms with van der Waals surface area (Å²) in [4.78, 5) is 85.8. The number of benzene rings is 3. The van der Waals surface area contributed by atoms with Crippen molar-refractivity contribution in [3.8, 4) is 0 Å². The van der Waals surface area contributed by atoms with E-state index in [0.717, 1.165) is 22.3 Å². The summed E-state index contributed by atoms with van der Waals surface area (Å²) in [6.07, 6.45) is 0.0646. The number of alkyl carbamates (subject to hydrolysis) is 1. The number of hydrogen-bond acceptors (Lipinski definition) is 10. The molecular formula is C57H81N5O10. The fraction of sp³-hybridized carbons (Fsp3) is 0.579. The van der Waals surface area contributed by atoms with Gasteiger partial charge >= 0.3 is 12.1 Å². The molecule has 3 N–H and O–H groups in total. The molecule has 0 unspecified atom stereocenters. The van der Waals surface area contributed by atoms with Gasteiger partial charge in [-0.15, -0.1) is 0 Å². The topological polar surface area (TPSA) is 182 Å². The summed E-state index contributed by atoms with van der Waals surface area (Å²) in [7, 11) is 0. The quantitative estimate of drug-likeness (QED) is 0.101. The molecular weight excluding hydrogens is 915 g/mol. The van der Waals surface area contributed by atoms with Crippen LogP contribution in [0.4, 0.5) is 4.79 Å². The third kappa shape index (κ3) is 17.7. The number of rotatable bonds is 19. The van der Waals surface area contributed by atoms with Crippen LogP contribution >= 0.6 is 0 Å². The van der Waals surface area contributed by atoms with Crippen LogP contribution in [0.25, 0.3) is 0 Å². The van der Waals surface area contributed by atoms with E-state index in [9.17, 15) is 28.8 Å². The summed E-state index contributed by atoms with van der Waals surface area (Å²) in [5, 5.41) is 8.85. The van der Waals surface area contributed by atoms with Gasteiger partial charge in [-0.3, -0.25) is 24.0 Å². The second-order valence-electron chi connectivity index (χ2n) is 23.4. The number of amides is 5. The Morgan fingerprint density at radius 3 is 1.35 bits per heavy atom. The number of esters is 1. The molecule has 3 aromatic rings. The molecule has 0 bridgehead atoms. The van der Waals surface area contributed by atoms with E-state index in [1.165, 1.54) is 4.90 Å². The van der Waals surface area contributed by atoms with Gasteiger partial charge in [0.15, 0.2) is 0 Å².